The Hall–Kier alpha value is -0.610. The van der Waals surface area contributed by atoms with E-state index >= 15 is 0 Å². The smallest absolute Gasteiger partial charge is 0.163 e. The van der Waals surface area contributed by atoms with E-state index in [1.807, 2.05) is 6.92 Å². The summed E-state index contributed by atoms with van der Waals surface area (Å²) in [6.07, 6.45) is 3.08. The van der Waals surface area contributed by atoms with Gasteiger partial charge in [0.1, 0.15) is 0 Å². The third-order valence-electron chi connectivity index (χ3n) is 2.42. The summed E-state index contributed by atoms with van der Waals surface area (Å²) in [5, 5.41) is 3.18. The molecule has 0 amide bonds. The first-order valence-electron chi connectivity index (χ1n) is 5.33. The predicted octanol–water partition coefficient (Wildman–Crippen LogP) is 3.37. The lowest BCUT2D eigenvalue weighted by Gasteiger charge is -2.14. The molecule has 1 rings (SSSR count). The number of benzene rings is 1. The second kappa shape index (κ2) is 6.86. The molecule has 1 aromatic carbocycles. The van der Waals surface area contributed by atoms with Crippen LogP contribution in [0.3, 0.4) is 0 Å². The van der Waals surface area contributed by atoms with Gasteiger partial charge >= 0.3 is 0 Å². The third-order valence-corrected chi connectivity index (χ3v) is 3.12. The van der Waals surface area contributed by atoms with Crippen molar-refractivity contribution in [3.63, 3.8) is 0 Å². The van der Waals surface area contributed by atoms with Crippen LogP contribution >= 0.6 is 11.8 Å². The van der Waals surface area contributed by atoms with Crippen LogP contribution in [0.2, 0.25) is 0 Å². The number of nitrogens with one attached hydrogen (secondary N) is 1. The molecule has 90 valence electrons. The maximum atomic E-state index is 13.4. The largest absolute Gasteiger partial charge is 0.310 e. The summed E-state index contributed by atoms with van der Waals surface area (Å²) in [4.78, 5) is 0. The van der Waals surface area contributed by atoms with Crippen LogP contribution in [0.4, 0.5) is 8.78 Å². The molecule has 1 atom stereocenters. The first-order chi connectivity index (χ1) is 7.66. The van der Waals surface area contributed by atoms with Gasteiger partial charge in [-0.05, 0) is 38.0 Å². The van der Waals surface area contributed by atoms with Crippen LogP contribution in [-0.4, -0.2) is 18.6 Å². The summed E-state index contributed by atoms with van der Waals surface area (Å²) in [5.41, 5.74) is 0.393. The highest BCUT2D eigenvalue weighted by Gasteiger charge is 2.12. The van der Waals surface area contributed by atoms with E-state index in [1.165, 1.54) is 6.07 Å². The summed E-state index contributed by atoms with van der Waals surface area (Å²) in [6, 6.07) is 4.13. The Morgan fingerprint density at radius 2 is 2.12 bits per heavy atom. The van der Waals surface area contributed by atoms with Gasteiger partial charge < -0.3 is 5.32 Å². The second-order valence-electron chi connectivity index (χ2n) is 3.67. The van der Waals surface area contributed by atoms with E-state index in [0.29, 0.717) is 5.56 Å². The third kappa shape index (κ3) is 3.76. The zero-order valence-electron chi connectivity index (χ0n) is 9.59. The van der Waals surface area contributed by atoms with Gasteiger partial charge in [0.25, 0.3) is 0 Å². The number of thioether (sulfide) groups is 1. The highest BCUT2D eigenvalue weighted by Crippen LogP contribution is 2.18. The molecule has 0 fully saturated rings. The lowest BCUT2D eigenvalue weighted by Crippen LogP contribution is -2.21. The summed E-state index contributed by atoms with van der Waals surface area (Å²) >= 11 is 1.78. The minimum atomic E-state index is -0.782. The van der Waals surface area contributed by atoms with Gasteiger partial charge in [-0.15, -0.1) is 0 Å². The van der Waals surface area contributed by atoms with Crippen LogP contribution in [-0.2, 0) is 0 Å². The van der Waals surface area contributed by atoms with Gasteiger partial charge in [-0.25, -0.2) is 8.78 Å². The molecule has 0 spiro atoms. The molecule has 1 nitrogen and oxygen atoms in total. The normalized spacial score (nSPS) is 12.8. The Labute approximate surface area is 99.6 Å². The molecule has 1 aromatic rings. The minimum absolute atomic E-state index is 0.155. The molecule has 0 aliphatic heterocycles. The Kier molecular flexibility index (Phi) is 5.77. The molecule has 0 heterocycles. The fraction of sp³-hybridized carbons (Fsp3) is 0.500. The Bertz CT molecular complexity index is 331. The maximum absolute atomic E-state index is 13.4. The van der Waals surface area contributed by atoms with E-state index in [9.17, 15) is 8.78 Å². The monoisotopic (exact) mass is 245 g/mol. The van der Waals surface area contributed by atoms with Gasteiger partial charge in [0, 0.05) is 11.6 Å². The van der Waals surface area contributed by atoms with Crippen molar-refractivity contribution in [2.45, 2.75) is 19.4 Å². The lowest BCUT2D eigenvalue weighted by atomic mass is 10.1. The van der Waals surface area contributed by atoms with Crippen molar-refractivity contribution in [1.82, 2.24) is 5.32 Å². The first-order valence-corrected chi connectivity index (χ1v) is 6.72. The molecule has 1 unspecified atom stereocenters. The molecule has 0 aromatic heterocycles. The van der Waals surface area contributed by atoms with Crippen molar-refractivity contribution in [2.24, 2.45) is 0 Å². The number of halogens is 2. The van der Waals surface area contributed by atoms with Gasteiger partial charge in [-0.3, -0.25) is 0 Å². The van der Waals surface area contributed by atoms with Crippen LogP contribution in [0.5, 0.6) is 0 Å². The van der Waals surface area contributed by atoms with Crippen molar-refractivity contribution in [1.29, 1.82) is 0 Å². The molecule has 0 saturated carbocycles. The average Bonchev–Trinajstić information content (AvgIpc) is 2.28. The second-order valence-corrected chi connectivity index (χ2v) is 4.65. The molecule has 0 aliphatic rings. The quantitative estimate of drug-likeness (QED) is 0.771. The van der Waals surface area contributed by atoms with Gasteiger partial charge in [0.05, 0.1) is 0 Å². The predicted molar refractivity (Wildman–Crippen MR) is 65.8 cm³/mol. The number of hydrogen-bond donors (Lipinski definition) is 1. The van der Waals surface area contributed by atoms with Crippen LogP contribution < -0.4 is 5.32 Å². The fourth-order valence-electron chi connectivity index (χ4n) is 1.50. The summed E-state index contributed by atoms with van der Waals surface area (Å²) in [7, 11) is 0. The summed E-state index contributed by atoms with van der Waals surface area (Å²) < 4.78 is 26.4. The van der Waals surface area contributed by atoms with Crippen LogP contribution in [0.1, 0.15) is 24.9 Å². The Balaban J connectivity index is 2.52. The zero-order chi connectivity index (χ0) is 12.0. The standard InChI is InChI=1S/C12H17F2NS/c1-9(15-7-4-8-16-2)10-5-3-6-11(13)12(10)14/h3,5-6,9,15H,4,7-8H2,1-2H3. The molecular weight excluding hydrogens is 228 g/mol. The van der Waals surface area contributed by atoms with Gasteiger partial charge in [-0.1, -0.05) is 12.1 Å². The van der Waals surface area contributed by atoms with E-state index in [2.05, 4.69) is 11.6 Å². The highest BCUT2D eigenvalue weighted by molar-refractivity contribution is 7.98. The van der Waals surface area contributed by atoms with Crippen LogP contribution in [0, 0.1) is 11.6 Å². The molecule has 0 bridgehead atoms. The van der Waals surface area contributed by atoms with Crippen molar-refractivity contribution in [3.05, 3.63) is 35.4 Å². The SMILES string of the molecule is CSCCCNC(C)c1cccc(F)c1F. The van der Waals surface area contributed by atoms with E-state index < -0.39 is 11.6 Å². The molecule has 0 aliphatic carbocycles. The van der Waals surface area contributed by atoms with Crippen molar-refractivity contribution in [3.8, 4) is 0 Å². The van der Waals surface area contributed by atoms with E-state index in [0.717, 1.165) is 24.8 Å². The van der Waals surface area contributed by atoms with E-state index in [4.69, 9.17) is 0 Å². The van der Waals surface area contributed by atoms with E-state index in [-0.39, 0.29) is 6.04 Å². The average molecular weight is 245 g/mol. The molecule has 0 radical (unpaired) electrons. The number of hydrogen-bond acceptors (Lipinski definition) is 2. The maximum Gasteiger partial charge on any atom is 0.163 e. The molecule has 1 N–H and O–H groups in total. The van der Waals surface area contributed by atoms with E-state index in [1.54, 1.807) is 17.8 Å². The highest BCUT2D eigenvalue weighted by atomic mass is 32.2. The fourth-order valence-corrected chi connectivity index (χ4v) is 1.93. The first kappa shape index (κ1) is 13.5. The number of rotatable bonds is 6. The van der Waals surface area contributed by atoms with Crippen molar-refractivity contribution >= 4 is 11.8 Å². The molecule has 4 heteroatoms. The summed E-state index contributed by atoms with van der Waals surface area (Å²) in [6.45, 7) is 2.66. The lowest BCUT2D eigenvalue weighted by molar-refractivity contribution is 0.473. The van der Waals surface area contributed by atoms with Crippen molar-refractivity contribution < 1.29 is 8.78 Å². The van der Waals surface area contributed by atoms with Crippen LogP contribution in [0.15, 0.2) is 18.2 Å². The Morgan fingerprint density at radius 1 is 1.38 bits per heavy atom. The Morgan fingerprint density at radius 3 is 2.81 bits per heavy atom. The molecule has 0 saturated heterocycles. The van der Waals surface area contributed by atoms with Gasteiger partial charge in [0.2, 0.25) is 0 Å². The van der Waals surface area contributed by atoms with Gasteiger partial charge in [-0.2, -0.15) is 11.8 Å². The molecular formula is C12H17F2NS. The zero-order valence-corrected chi connectivity index (χ0v) is 10.4. The van der Waals surface area contributed by atoms with Crippen molar-refractivity contribution in [2.75, 3.05) is 18.6 Å². The topological polar surface area (TPSA) is 12.0 Å². The minimum Gasteiger partial charge on any atom is -0.310 e. The summed E-state index contributed by atoms with van der Waals surface area (Å²) in [5.74, 6) is -0.451. The van der Waals surface area contributed by atoms with Gasteiger partial charge in [0.15, 0.2) is 11.6 Å². The molecule has 16 heavy (non-hydrogen) atoms. The van der Waals surface area contributed by atoms with Crippen LogP contribution in [0.25, 0.3) is 0 Å².